The van der Waals surface area contributed by atoms with Gasteiger partial charge in [0.15, 0.2) is 0 Å². The van der Waals surface area contributed by atoms with E-state index in [4.69, 9.17) is 0 Å². The number of benzene rings is 6. The third-order valence-electron chi connectivity index (χ3n) is 9.71. The summed E-state index contributed by atoms with van der Waals surface area (Å²) in [6.07, 6.45) is 9.20. The molecule has 0 N–H and O–H groups in total. The molecule has 0 unspecified atom stereocenters. The molecule has 1 nitrogen and oxygen atoms in total. The lowest BCUT2D eigenvalue weighted by Crippen LogP contribution is -2.17. The number of allylic oxidation sites excluding steroid dienone is 4. The Hall–Kier alpha value is -5.40. The maximum atomic E-state index is 2.43. The molecule has 0 saturated carbocycles. The number of anilines is 3. The van der Waals surface area contributed by atoms with Gasteiger partial charge in [-0.15, -0.1) is 0 Å². The highest BCUT2D eigenvalue weighted by Crippen LogP contribution is 2.51. The van der Waals surface area contributed by atoms with E-state index < -0.39 is 0 Å². The molecule has 0 fully saturated rings. The van der Waals surface area contributed by atoms with E-state index in [9.17, 15) is 0 Å². The van der Waals surface area contributed by atoms with Crippen LogP contribution >= 0.6 is 0 Å². The topological polar surface area (TPSA) is 3.24 Å². The quantitative estimate of drug-likeness (QED) is 0.186. The van der Waals surface area contributed by atoms with Gasteiger partial charge in [-0.2, -0.15) is 0 Å². The normalized spacial score (nSPS) is 14.3. The average molecular weight is 592 g/mol. The molecule has 0 amide bonds. The molecule has 2 aliphatic rings. The summed E-state index contributed by atoms with van der Waals surface area (Å²) in [5.41, 5.74) is 16.3. The summed E-state index contributed by atoms with van der Waals surface area (Å²) < 4.78 is 0. The Labute approximate surface area is 272 Å². The molecule has 1 heteroatoms. The SMILES string of the molecule is CC1(C)c2cc(C3=CCCC=C3)ccc2-c2ccc(N(c3ccc(-c4ccccc4)cc3)c3ccc(-c4ccccc4)cc3)cc21. The maximum absolute atomic E-state index is 2.43. The molecule has 222 valence electrons. The van der Waals surface area contributed by atoms with Gasteiger partial charge < -0.3 is 4.90 Å². The second kappa shape index (κ2) is 11.5. The molecule has 0 radical (unpaired) electrons. The Morgan fingerprint density at radius 3 is 1.48 bits per heavy atom. The highest BCUT2D eigenvalue weighted by Gasteiger charge is 2.36. The lowest BCUT2D eigenvalue weighted by Gasteiger charge is -2.28. The third kappa shape index (κ3) is 4.99. The van der Waals surface area contributed by atoms with Gasteiger partial charge in [0.05, 0.1) is 0 Å². The van der Waals surface area contributed by atoms with E-state index in [-0.39, 0.29) is 5.41 Å². The van der Waals surface area contributed by atoms with Crippen LogP contribution in [0.25, 0.3) is 39.0 Å². The van der Waals surface area contributed by atoms with Crippen molar-refractivity contribution < 1.29 is 0 Å². The molecule has 0 aliphatic heterocycles. The molecule has 0 spiro atoms. The van der Waals surface area contributed by atoms with Crippen LogP contribution in [0, 0.1) is 0 Å². The van der Waals surface area contributed by atoms with Crippen LogP contribution < -0.4 is 4.90 Å². The minimum atomic E-state index is -0.115. The van der Waals surface area contributed by atoms with Crippen molar-refractivity contribution in [1.29, 1.82) is 0 Å². The first-order chi connectivity index (χ1) is 22.6. The van der Waals surface area contributed by atoms with Crippen LogP contribution in [-0.4, -0.2) is 0 Å². The highest BCUT2D eigenvalue weighted by atomic mass is 15.1. The lowest BCUT2D eigenvalue weighted by molar-refractivity contribution is 0.660. The largest absolute Gasteiger partial charge is 0.310 e. The second-order valence-electron chi connectivity index (χ2n) is 12.9. The van der Waals surface area contributed by atoms with Crippen LogP contribution in [0.5, 0.6) is 0 Å². The zero-order valence-electron chi connectivity index (χ0n) is 26.4. The first-order valence-corrected chi connectivity index (χ1v) is 16.3. The zero-order valence-corrected chi connectivity index (χ0v) is 26.4. The van der Waals surface area contributed by atoms with E-state index in [1.165, 1.54) is 55.6 Å². The van der Waals surface area contributed by atoms with Crippen molar-refractivity contribution in [2.75, 3.05) is 4.90 Å². The van der Waals surface area contributed by atoms with Crippen molar-refractivity contribution in [3.63, 3.8) is 0 Å². The fourth-order valence-electron chi connectivity index (χ4n) is 7.19. The lowest BCUT2D eigenvalue weighted by atomic mass is 9.81. The zero-order chi connectivity index (χ0) is 31.1. The Morgan fingerprint density at radius 2 is 0.935 bits per heavy atom. The Balaban J connectivity index is 1.21. The second-order valence-corrected chi connectivity index (χ2v) is 12.9. The van der Waals surface area contributed by atoms with Crippen molar-refractivity contribution in [2.45, 2.75) is 32.1 Å². The summed E-state index contributed by atoms with van der Waals surface area (Å²) >= 11 is 0. The predicted molar refractivity (Wildman–Crippen MR) is 196 cm³/mol. The first-order valence-electron chi connectivity index (χ1n) is 16.3. The van der Waals surface area contributed by atoms with Gasteiger partial charge in [0.2, 0.25) is 0 Å². The van der Waals surface area contributed by atoms with Crippen LogP contribution in [0.1, 0.15) is 43.4 Å². The summed E-state index contributed by atoms with van der Waals surface area (Å²) in [7, 11) is 0. The van der Waals surface area contributed by atoms with Gasteiger partial charge in [0.25, 0.3) is 0 Å². The van der Waals surface area contributed by atoms with Crippen molar-refractivity contribution in [3.8, 4) is 33.4 Å². The van der Waals surface area contributed by atoms with E-state index in [0.29, 0.717) is 0 Å². The summed E-state index contributed by atoms with van der Waals surface area (Å²) in [5.74, 6) is 0. The molecule has 6 aromatic carbocycles. The first kappa shape index (κ1) is 28.1. The fraction of sp³-hybridized carbons (Fsp3) is 0.111. The predicted octanol–water partition coefficient (Wildman–Crippen LogP) is 12.5. The number of hydrogen-bond acceptors (Lipinski definition) is 1. The fourth-order valence-corrected chi connectivity index (χ4v) is 7.19. The molecule has 6 aromatic rings. The number of nitrogens with zero attached hydrogens (tertiary/aromatic N) is 1. The number of fused-ring (bicyclic) bond motifs is 3. The number of rotatable bonds is 6. The van der Waals surface area contributed by atoms with Crippen LogP contribution in [-0.2, 0) is 5.41 Å². The van der Waals surface area contributed by atoms with Crippen molar-refractivity contribution >= 4 is 22.6 Å². The Kier molecular flexibility index (Phi) is 7.03. The molecule has 0 bridgehead atoms. The summed E-state index contributed by atoms with van der Waals surface area (Å²) in [4.78, 5) is 2.39. The van der Waals surface area contributed by atoms with Crippen LogP contribution in [0.4, 0.5) is 17.1 Å². The molecule has 0 heterocycles. The van der Waals surface area contributed by atoms with Crippen LogP contribution in [0.3, 0.4) is 0 Å². The molecular formula is C45H37N. The minimum absolute atomic E-state index is 0.115. The van der Waals surface area contributed by atoms with Crippen LogP contribution in [0.15, 0.2) is 164 Å². The van der Waals surface area contributed by atoms with Crippen molar-refractivity contribution in [2.24, 2.45) is 0 Å². The minimum Gasteiger partial charge on any atom is -0.310 e. The van der Waals surface area contributed by atoms with Gasteiger partial charge in [0.1, 0.15) is 0 Å². The van der Waals surface area contributed by atoms with Crippen molar-refractivity contribution in [1.82, 2.24) is 0 Å². The average Bonchev–Trinajstić information content (AvgIpc) is 3.35. The van der Waals surface area contributed by atoms with Gasteiger partial charge in [0, 0.05) is 22.5 Å². The summed E-state index contributed by atoms with van der Waals surface area (Å²) in [5, 5.41) is 0. The summed E-state index contributed by atoms with van der Waals surface area (Å²) in [6.45, 7) is 4.76. The molecule has 8 rings (SSSR count). The molecule has 0 saturated heterocycles. The Bertz CT molecular complexity index is 2000. The molecule has 46 heavy (non-hydrogen) atoms. The Morgan fingerprint density at radius 1 is 0.457 bits per heavy atom. The molecule has 2 aliphatic carbocycles. The monoisotopic (exact) mass is 591 g/mol. The summed E-state index contributed by atoms with van der Waals surface area (Å²) in [6, 6.07) is 53.2. The number of hydrogen-bond donors (Lipinski definition) is 0. The third-order valence-corrected chi connectivity index (χ3v) is 9.71. The highest BCUT2D eigenvalue weighted by molar-refractivity contribution is 5.88. The van der Waals surface area contributed by atoms with E-state index in [1.54, 1.807) is 0 Å². The van der Waals surface area contributed by atoms with E-state index >= 15 is 0 Å². The van der Waals surface area contributed by atoms with Gasteiger partial charge in [-0.3, -0.25) is 0 Å². The molecule has 0 aromatic heterocycles. The van der Waals surface area contributed by atoms with Gasteiger partial charge in [-0.1, -0.05) is 135 Å². The van der Waals surface area contributed by atoms with Crippen LogP contribution in [0.2, 0.25) is 0 Å². The molecular weight excluding hydrogens is 555 g/mol. The van der Waals surface area contributed by atoms with E-state index in [1.807, 2.05) is 0 Å². The van der Waals surface area contributed by atoms with E-state index in [0.717, 1.165) is 29.9 Å². The maximum Gasteiger partial charge on any atom is 0.0465 e. The smallest absolute Gasteiger partial charge is 0.0465 e. The van der Waals surface area contributed by atoms with E-state index in [2.05, 4.69) is 183 Å². The molecule has 0 atom stereocenters. The standard InChI is InChI=1S/C45H37N/c1-45(2)43-30-37(34-16-10-5-11-17-34)22-28-41(43)42-29-27-40(31-44(42)45)46(38-23-18-35(19-24-38)32-12-6-3-7-13-32)39-25-20-36(21-26-39)33-14-8-4-9-15-33/h3-4,6-10,12-31H,5,11H2,1-2H3. The van der Waals surface area contributed by atoms with Crippen molar-refractivity contribution in [3.05, 3.63) is 181 Å². The van der Waals surface area contributed by atoms with Gasteiger partial charge in [-0.25, -0.2) is 0 Å². The van der Waals surface area contributed by atoms with Gasteiger partial charge in [-0.05, 0) is 111 Å². The van der Waals surface area contributed by atoms with Gasteiger partial charge >= 0.3 is 0 Å².